The van der Waals surface area contributed by atoms with E-state index in [1.165, 1.54) is 20.2 Å². The first kappa shape index (κ1) is 17.0. The van der Waals surface area contributed by atoms with E-state index in [-0.39, 0.29) is 17.3 Å². The van der Waals surface area contributed by atoms with Crippen LogP contribution in [0, 0.1) is 0 Å². The molecule has 0 fully saturated rings. The molecule has 0 aromatic heterocycles. The third-order valence-electron chi connectivity index (χ3n) is 3.14. The maximum absolute atomic E-state index is 12.3. The molecule has 0 heterocycles. The van der Waals surface area contributed by atoms with Crippen molar-refractivity contribution in [1.29, 1.82) is 0 Å². The van der Waals surface area contributed by atoms with Gasteiger partial charge in [-0.2, -0.15) is 0 Å². The highest BCUT2D eigenvalue weighted by Crippen LogP contribution is 2.22. The van der Waals surface area contributed by atoms with Crippen LogP contribution in [-0.2, 0) is 14.8 Å². The summed E-state index contributed by atoms with van der Waals surface area (Å²) >= 11 is 0. The average molecular weight is 333 g/mol. The van der Waals surface area contributed by atoms with E-state index in [0.717, 1.165) is 4.31 Å². The van der Waals surface area contributed by atoms with Crippen molar-refractivity contribution in [3.63, 3.8) is 0 Å². The van der Waals surface area contributed by atoms with E-state index < -0.39 is 10.0 Å². The van der Waals surface area contributed by atoms with Crippen molar-refractivity contribution in [2.45, 2.75) is 4.90 Å². The van der Waals surface area contributed by atoms with Crippen molar-refractivity contribution >= 4 is 27.3 Å². The molecule has 0 aliphatic heterocycles. The lowest BCUT2D eigenvalue weighted by Crippen LogP contribution is -2.25. The molecule has 6 nitrogen and oxygen atoms in total. The predicted octanol–water partition coefficient (Wildman–Crippen LogP) is 1.99. The first-order valence-corrected chi connectivity index (χ1v) is 8.45. The van der Waals surface area contributed by atoms with Crippen molar-refractivity contribution in [3.05, 3.63) is 54.6 Å². The van der Waals surface area contributed by atoms with Crippen LogP contribution in [0.15, 0.2) is 59.5 Å². The van der Waals surface area contributed by atoms with Crippen LogP contribution in [-0.4, -0.2) is 39.3 Å². The minimum absolute atomic E-state index is 0.0329. The number of para-hydroxylation sites is 2. The number of hydrogen-bond donors (Lipinski definition) is 2. The zero-order valence-electron chi connectivity index (χ0n) is 13.0. The second-order valence-corrected chi connectivity index (χ2v) is 7.17. The second-order valence-electron chi connectivity index (χ2n) is 5.05. The lowest BCUT2D eigenvalue weighted by atomic mass is 10.3. The quantitative estimate of drug-likeness (QED) is 0.847. The smallest absolute Gasteiger partial charge is 0.244 e. The number of sulfonamides is 1. The van der Waals surface area contributed by atoms with E-state index in [9.17, 15) is 13.2 Å². The van der Waals surface area contributed by atoms with Crippen LogP contribution in [0.1, 0.15) is 0 Å². The van der Waals surface area contributed by atoms with Crippen molar-refractivity contribution < 1.29 is 13.2 Å². The molecule has 1 amide bonds. The summed E-state index contributed by atoms with van der Waals surface area (Å²) in [4.78, 5) is 12.1. The Hall–Kier alpha value is -2.38. The van der Waals surface area contributed by atoms with Gasteiger partial charge in [0.05, 0.1) is 12.2 Å². The summed E-state index contributed by atoms with van der Waals surface area (Å²) in [7, 11) is -0.642. The van der Waals surface area contributed by atoms with Gasteiger partial charge in [0.25, 0.3) is 0 Å². The molecular formula is C16H19N3O3S. The molecule has 0 saturated carbocycles. The number of amides is 1. The molecular weight excluding hydrogens is 314 g/mol. The molecule has 0 unspecified atom stereocenters. The van der Waals surface area contributed by atoms with Crippen molar-refractivity contribution in [1.82, 2.24) is 4.31 Å². The van der Waals surface area contributed by atoms with Crippen LogP contribution in [0.4, 0.5) is 11.4 Å². The number of benzene rings is 2. The van der Waals surface area contributed by atoms with Gasteiger partial charge < -0.3 is 10.6 Å². The molecule has 23 heavy (non-hydrogen) atoms. The summed E-state index contributed by atoms with van der Waals surface area (Å²) in [6, 6.07) is 15.6. The van der Waals surface area contributed by atoms with Crippen LogP contribution >= 0.6 is 0 Å². The highest BCUT2D eigenvalue weighted by Gasteiger charge is 2.20. The van der Waals surface area contributed by atoms with Gasteiger partial charge in [0, 0.05) is 19.8 Å². The van der Waals surface area contributed by atoms with Gasteiger partial charge in [0.2, 0.25) is 15.9 Å². The van der Waals surface area contributed by atoms with Crippen LogP contribution in [0.2, 0.25) is 0 Å². The second kappa shape index (κ2) is 7.26. The lowest BCUT2D eigenvalue weighted by molar-refractivity contribution is -0.114. The summed E-state index contributed by atoms with van der Waals surface area (Å²) in [6.45, 7) is -0.0329. The standard InChI is InChI=1S/C16H19N3O3S/c1-19(2)23(21,22)15-11-7-6-10-14(15)17-12-16(20)18-13-8-4-3-5-9-13/h3-11,17H,12H2,1-2H3,(H,18,20). The number of anilines is 2. The fourth-order valence-corrected chi connectivity index (χ4v) is 3.00. The average Bonchev–Trinajstić information content (AvgIpc) is 2.54. The zero-order valence-corrected chi connectivity index (χ0v) is 13.8. The van der Waals surface area contributed by atoms with Gasteiger partial charge in [0.15, 0.2) is 0 Å². The normalized spacial score (nSPS) is 11.3. The largest absolute Gasteiger partial charge is 0.375 e. The maximum atomic E-state index is 12.3. The Bertz CT molecular complexity index is 774. The molecule has 0 saturated heterocycles. The molecule has 0 atom stereocenters. The molecule has 7 heteroatoms. The number of carbonyl (C=O) groups excluding carboxylic acids is 1. The Morgan fingerprint density at radius 3 is 2.26 bits per heavy atom. The first-order valence-electron chi connectivity index (χ1n) is 7.01. The maximum Gasteiger partial charge on any atom is 0.244 e. The third-order valence-corrected chi connectivity index (χ3v) is 5.02. The summed E-state index contributed by atoms with van der Waals surface area (Å²) < 4.78 is 25.7. The van der Waals surface area contributed by atoms with E-state index in [1.807, 2.05) is 18.2 Å². The van der Waals surface area contributed by atoms with E-state index in [4.69, 9.17) is 0 Å². The van der Waals surface area contributed by atoms with Gasteiger partial charge in [-0.25, -0.2) is 12.7 Å². The molecule has 2 N–H and O–H groups in total. The Morgan fingerprint density at radius 1 is 1.00 bits per heavy atom. The summed E-state index contributed by atoms with van der Waals surface area (Å²) in [5, 5.41) is 5.61. The van der Waals surface area contributed by atoms with E-state index in [1.54, 1.807) is 30.3 Å². The number of carbonyl (C=O) groups is 1. The van der Waals surface area contributed by atoms with Gasteiger partial charge in [0.1, 0.15) is 4.90 Å². The van der Waals surface area contributed by atoms with E-state index in [2.05, 4.69) is 10.6 Å². The molecule has 2 aromatic rings. The molecule has 0 spiro atoms. The number of nitrogens with one attached hydrogen (secondary N) is 2. The topological polar surface area (TPSA) is 78.5 Å². The number of rotatable bonds is 6. The van der Waals surface area contributed by atoms with Crippen LogP contribution < -0.4 is 10.6 Å². The predicted molar refractivity (Wildman–Crippen MR) is 90.9 cm³/mol. The van der Waals surface area contributed by atoms with Gasteiger partial charge >= 0.3 is 0 Å². The molecule has 0 aliphatic rings. The minimum Gasteiger partial charge on any atom is -0.375 e. The summed E-state index contributed by atoms with van der Waals surface area (Å²) in [6.07, 6.45) is 0. The highest BCUT2D eigenvalue weighted by molar-refractivity contribution is 7.89. The first-order chi connectivity index (χ1) is 10.9. The van der Waals surface area contributed by atoms with Crippen LogP contribution in [0.3, 0.4) is 0 Å². The Kier molecular flexibility index (Phi) is 5.36. The highest BCUT2D eigenvalue weighted by atomic mass is 32.2. The summed E-state index contributed by atoms with van der Waals surface area (Å²) in [5.41, 5.74) is 1.08. The van der Waals surface area contributed by atoms with Gasteiger partial charge in [-0.05, 0) is 24.3 Å². The molecule has 0 bridgehead atoms. The molecule has 2 rings (SSSR count). The van der Waals surface area contributed by atoms with E-state index in [0.29, 0.717) is 11.4 Å². The molecule has 0 radical (unpaired) electrons. The van der Waals surface area contributed by atoms with Gasteiger partial charge in [-0.15, -0.1) is 0 Å². The zero-order chi connectivity index (χ0) is 16.9. The van der Waals surface area contributed by atoms with Crippen LogP contribution in [0.5, 0.6) is 0 Å². The Labute approximate surface area is 136 Å². The SMILES string of the molecule is CN(C)S(=O)(=O)c1ccccc1NCC(=O)Nc1ccccc1. The number of hydrogen-bond acceptors (Lipinski definition) is 4. The van der Waals surface area contributed by atoms with Crippen molar-refractivity contribution in [3.8, 4) is 0 Å². The van der Waals surface area contributed by atoms with Gasteiger partial charge in [-0.3, -0.25) is 4.79 Å². The van der Waals surface area contributed by atoms with Crippen molar-refractivity contribution in [2.75, 3.05) is 31.3 Å². The minimum atomic E-state index is -3.58. The third kappa shape index (κ3) is 4.30. The Morgan fingerprint density at radius 2 is 1.61 bits per heavy atom. The Balaban J connectivity index is 2.08. The summed E-state index contributed by atoms with van der Waals surface area (Å²) in [5.74, 6) is -0.256. The van der Waals surface area contributed by atoms with E-state index >= 15 is 0 Å². The molecule has 122 valence electrons. The fraction of sp³-hybridized carbons (Fsp3) is 0.188. The fourth-order valence-electron chi connectivity index (χ4n) is 1.94. The monoisotopic (exact) mass is 333 g/mol. The van der Waals surface area contributed by atoms with Crippen LogP contribution in [0.25, 0.3) is 0 Å². The van der Waals surface area contributed by atoms with Gasteiger partial charge in [-0.1, -0.05) is 30.3 Å². The van der Waals surface area contributed by atoms with Crippen molar-refractivity contribution in [2.24, 2.45) is 0 Å². The molecule has 2 aromatic carbocycles. The number of nitrogens with zero attached hydrogens (tertiary/aromatic N) is 1. The molecule has 0 aliphatic carbocycles. The lowest BCUT2D eigenvalue weighted by Gasteiger charge is -2.16.